The number of hydrogen-bond acceptors (Lipinski definition) is 5. The number of aromatic hydroxyl groups is 1. The van der Waals surface area contributed by atoms with E-state index in [1.165, 1.54) is 0 Å². The molecule has 1 saturated heterocycles. The Morgan fingerprint density at radius 2 is 1.91 bits per heavy atom. The van der Waals surface area contributed by atoms with Gasteiger partial charge in [0.25, 0.3) is 5.91 Å². The van der Waals surface area contributed by atoms with Gasteiger partial charge in [-0.1, -0.05) is 0 Å². The summed E-state index contributed by atoms with van der Waals surface area (Å²) in [4.78, 5) is 25.9. The monoisotopic (exact) mass is 306 g/mol. The van der Waals surface area contributed by atoms with Crippen molar-refractivity contribution in [2.45, 2.75) is 45.3 Å². The van der Waals surface area contributed by atoms with E-state index in [-0.39, 0.29) is 11.7 Å². The lowest BCUT2D eigenvalue weighted by atomic mass is 10.2. The third-order valence-electron chi connectivity index (χ3n) is 3.36. The maximum atomic E-state index is 12.3. The molecule has 0 bridgehead atoms. The first-order valence-electron chi connectivity index (χ1n) is 7.36. The van der Waals surface area contributed by atoms with Crippen LogP contribution in [0.15, 0.2) is 24.3 Å². The van der Waals surface area contributed by atoms with E-state index >= 15 is 0 Å². The van der Waals surface area contributed by atoms with Crippen molar-refractivity contribution in [1.29, 1.82) is 0 Å². The second kappa shape index (κ2) is 6.25. The van der Waals surface area contributed by atoms with Gasteiger partial charge in [-0.2, -0.15) is 0 Å². The highest BCUT2D eigenvalue weighted by molar-refractivity contribution is 5.97. The molecule has 0 aromatic heterocycles. The molecule has 2 rings (SSSR count). The normalized spacial score (nSPS) is 18.1. The zero-order chi connectivity index (χ0) is 16.3. The van der Waals surface area contributed by atoms with E-state index < -0.39 is 17.7 Å². The summed E-state index contributed by atoms with van der Waals surface area (Å²) in [7, 11) is 0. The van der Waals surface area contributed by atoms with Gasteiger partial charge in [0.1, 0.15) is 17.4 Å². The van der Waals surface area contributed by atoms with Gasteiger partial charge in [0.2, 0.25) is 0 Å². The fourth-order valence-electron chi connectivity index (χ4n) is 2.48. The molecule has 2 N–H and O–H groups in total. The van der Waals surface area contributed by atoms with Crippen LogP contribution in [0.25, 0.3) is 0 Å². The van der Waals surface area contributed by atoms with Crippen molar-refractivity contribution in [3.05, 3.63) is 24.3 Å². The molecule has 6 nitrogen and oxygen atoms in total. The predicted molar refractivity (Wildman–Crippen MR) is 82.9 cm³/mol. The van der Waals surface area contributed by atoms with Crippen LogP contribution in [0.2, 0.25) is 0 Å². The summed E-state index contributed by atoms with van der Waals surface area (Å²) in [5.74, 6) is -0.183. The number of carbonyl (C=O) groups is 2. The zero-order valence-corrected chi connectivity index (χ0v) is 13.1. The smallest absolute Gasteiger partial charge is 0.414 e. The minimum absolute atomic E-state index is 0.178. The SMILES string of the molecule is CC(C)(C)OC(=O)NC(=O)[C@H]1CCCN1c1ccc(O)cc1. The third kappa shape index (κ3) is 4.13. The standard InChI is InChI=1S/C16H22N2O4/c1-16(2,3)22-15(21)17-14(20)13-5-4-10-18(13)11-6-8-12(19)9-7-11/h6-9,13,19H,4-5,10H2,1-3H3,(H,17,20,21)/t13-/m1/s1. The number of alkyl carbamates (subject to hydrolysis) is 1. The van der Waals surface area contributed by atoms with Crippen LogP contribution < -0.4 is 10.2 Å². The Labute approximate surface area is 130 Å². The van der Waals surface area contributed by atoms with Gasteiger partial charge in [-0.25, -0.2) is 4.79 Å². The van der Waals surface area contributed by atoms with Crippen molar-refractivity contribution >= 4 is 17.7 Å². The summed E-state index contributed by atoms with van der Waals surface area (Å²) in [6.07, 6.45) is 0.818. The molecule has 1 fully saturated rings. The molecule has 0 saturated carbocycles. The summed E-state index contributed by atoms with van der Waals surface area (Å²) < 4.78 is 5.10. The van der Waals surface area contributed by atoms with Crippen LogP contribution in [0, 0.1) is 0 Å². The fraction of sp³-hybridized carbons (Fsp3) is 0.500. The molecule has 120 valence electrons. The third-order valence-corrected chi connectivity index (χ3v) is 3.36. The van der Waals surface area contributed by atoms with E-state index in [0.29, 0.717) is 6.42 Å². The van der Waals surface area contributed by atoms with E-state index in [4.69, 9.17) is 4.74 Å². The van der Waals surface area contributed by atoms with Crippen LogP contribution in [-0.4, -0.2) is 35.3 Å². The Hall–Kier alpha value is -2.24. The highest BCUT2D eigenvalue weighted by Crippen LogP contribution is 2.27. The molecular formula is C16H22N2O4. The van der Waals surface area contributed by atoms with Gasteiger partial charge in [0.05, 0.1) is 0 Å². The summed E-state index contributed by atoms with van der Waals surface area (Å²) in [5.41, 5.74) is 0.205. The second-order valence-electron chi connectivity index (χ2n) is 6.36. The number of nitrogens with one attached hydrogen (secondary N) is 1. The van der Waals surface area contributed by atoms with Gasteiger partial charge in [-0.05, 0) is 57.9 Å². The van der Waals surface area contributed by atoms with Crippen LogP contribution in [-0.2, 0) is 9.53 Å². The highest BCUT2D eigenvalue weighted by Gasteiger charge is 2.32. The molecule has 0 radical (unpaired) electrons. The van der Waals surface area contributed by atoms with Gasteiger partial charge >= 0.3 is 6.09 Å². The van der Waals surface area contributed by atoms with Crippen molar-refractivity contribution in [2.75, 3.05) is 11.4 Å². The lowest BCUT2D eigenvalue weighted by Crippen LogP contribution is -2.47. The zero-order valence-electron chi connectivity index (χ0n) is 13.1. The molecule has 6 heteroatoms. The van der Waals surface area contributed by atoms with E-state index in [1.807, 2.05) is 4.90 Å². The molecule has 22 heavy (non-hydrogen) atoms. The minimum Gasteiger partial charge on any atom is -0.508 e. The van der Waals surface area contributed by atoms with Crippen LogP contribution in [0.4, 0.5) is 10.5 Å². The molecule has 1 aromatic carbocycles. The summed E-state index contributed by atoms with van der Waals surface area (Å²) >= 11 is 0. The summed E-state index contributed by atoms with van der Waals surface area (Å²) in [6, 6.07) is 6.27. The van der Waals surface area contributed by atoms with E-state index in [1.54, 1.807) is 45.0 Å². The largest absolute Gasteiger partial charge is 0.508 e. The van der Waals surface area contributed by atoms with Gasteiger partial charge in [-0.3, -0.25) is 10.1 Å². The molecule has 0 spiro atoms. The summed E-state index contributed by atoms with van der Waals surface area (Å²) in [6.45, 7) is 5.97. The lowest BCUT2D eigenvalue weighted by molar-refractivity contribution is -0.121. The molecule has 1 atom stereocenters. The molecule has 1 aromatic rings. The molecule has 2 amide bonds. The molecule has 1 aliphatic heterocycles. The second-order valence-corrected chi connectivity index (χ2v) is 6.36. The number of imide groups is 1. The number of phenols is 1. The van der Waals surface area contributed by atoms with Crippen molar-refractivity contribution in [2.24, 2.45) is 0 Å². The van der Waals surface area contributed by atoms with E-state index in [2.05, 4.69) is 5.32 Å². The Balaban J connectivity index is 2.02. The number of anilines is 1. The van der Waals surface area contributed by atoms with Crippen LogP contribution in [0.5, 0.6) is 5.75 Å². The molecular weight excluding hydrogens is 284 g/mol. The van der Waals surface area contributed by atoms with Crippen molar-refractivity contribution in [3.63, 3.8) is 0 Å². The molecule has 0 unspecified atom stereocenters. The number of carbonyl (C=O) groups excluding carboxylic acids is 2. The van der Waals surface area contributed by atoms with Gasteiger partial charge in [-0.15, -0.1) is 0 Å². The number of benzene rings is 1. The van der Waals surface area contributed by atoms with Gasteiger partial charge in [0, 0.05) is 12.2 Å². The number of rotatable bonds is 2. The summed E-state index contributed by atoms with van der Waals surface area (Å²) in [5, 5.41) is 11.6. The Morgan fingerprint density at radius 3 is 2.50 bits per heavy atom. The molecule has 1 heterocycles. The quantitative estimate of drug-likeness (QED) is 0.877. The first kappa shape index (κ1) is 16.1. The van der Waals surface area contributed by atoms with Crippen molar-refractivity contribution in [1.82, 2.24) is 5.32 Å². The topological polar surface area (TPSA) is 78.9 Å². The van der Waals surface area contributed by atoms with E-state index in [0.717, 1.165) is 18.7 Å². The van der Waals surface area contributed by atoms with Crippen LogP contribution in [0.1, 0.15) is 33.6 Å². The average molecular weight is 306 g/mol. The number of phenolic OH excluding ortho intramolecular Hbond substituents is 1. The van der Waals surface area contributed by atoms with Crippen LogP contribution in [0.3, 0.4) is 0 Å². The highest BCUT2D eigenvalue weighted by atomic mass is 16.6. The Bertz CT molecular complexity index is 548. The maximum absolute atomic E-state index is 12.3. The van der Waals surface area contributed by atoms with Crippen LogP contribution >= 0.6 is 0 Å². The Kier molecular flexibility index (Phi) is 4.59. The van der Waals surface area contributed by atoms with Gasteiger partial charge < -0.3 is 14.7 Å². The van der Waals surface area contributed by atoms with Gasteiger partial charge in [0.15, 0.2) is 0 Å². The molecule has 1 aliphatic rings. The maximum Gasteiger partial charge on any atom is 0.414 e. The molecule has 0 aliphatic carbocycles. The average Bonchev–Trinajstić information content (AvgIpc) is 2.86. The number of nitrogens with zero attached hydrogens (tertiary/aromatic N) is 1. The first-order chi connectivity index (χ1) is 10.3. The predicted octanol–water partition coefficient (Wildman–Crippen LogP) is 2.41. The fourth-order valence-corrected chi connectivity index (χ4v) is 2.48. The number of ether oxygens (including phenoxy) is 1. The first-order valence-corrected chi connectivity index (χ1v) is 7.36. The number of amides is 2. The minimum atomic E-state index is -0.727. The van der Waals surface area contributed by atoms with Crippen molar-refractivity contribution < 1.29 is 19.4 Å². The lowest BCUT2D eigenvalue weighted by Gasteiger charge is -2.26. The van der Waals surface area contributed by atoms with Crippen molar-refractivity contribution in [3.8, 4) is 5.75 Å². The number of hydrogen-bond donors (Lipinski definition) is 2. The Morgan fingerprint density at radius 1 is 1.27 bits per heavy atom. The van der Waals surface area contributed by atoms with E-state index in [9.17, 15) is 14.7 Å².